The molecule has 0 atom stereocenters. The smallest absolute Gasteiger partial charge is 0.123 e. The molecule has 0 bridgehead atoms. The minimum atomic E-state index is 0.726. The van der Waals surface area contributed by atoms with Crippen LogP contribution in [0.2, 0.25) is 0 Å². The van der Waals surface area contributed by atoms with Gasteiger partial charge < -0.3 is 10.1 Å². The second-order valence-corrected chi connectivity index (χ2v) is 5.23. The second kappa shape index (κ2) is 6.59. The molecule has 0 spiro atoms. The van der Waals surface area contributed by atoms with Gasteiger partial charge in [0.25, 0.3) is 0 Å². The van der Waals surface area contributed by atoms with E-state index in [2.05, 4.69) is 40.3 Å². The lowest BCUT2D eigenvalue weighted by Gasteiger charge is -2.19. The minimum Gasteiger partial charge on any atom is -0.492 e. The lowest BCUT2D eigenvalue weighted by atomic mass is 10.2. The molecule has 0 unspecified atom stereocenters. The zero-order valence-electron chi connectivity index (χ0n) is 12.4. The summed E-state index contributed by atoms with van der Waals surface area (Å²) in [6, 6.07) is 12.4. The van der Waals surface area contributed by atoms with Crippen molar-refractivity contribution in [3.63, 3.8) is 0 Å². The predicted octanol–water partition coefficient (Wildman–Crippen LogP) is 2.91. The SMILES string of the molecule is CCNc1ccnc(CN2CCOc3ccccc3C2)c1. The van der Waals surface area contributed by atoms with Crippen molar-refractivity contribution >= 4 is 5.69 Å². The highest BCUT2D eigenvalue weighted by Crippen LogP contribution is 2.23. The fourth-order valence-electron chi connectivity index (χ4n) is 2.62. The van der Waals surface area contributed by atoms with E-state index in [1.807, 2.05) is 24.4 Å². The Morgan fingerprint density at radius 1 is 1.29 bits per heavy atom. The van der Waals surface area contributed by atoms with E-state index < -0.39 is 0 Å². The van der Waals surface area contributed by atoms with Crippen LogP contribution in [-0.4, -0.2) is 29.6 Å². The van der Waals surface area contributed by atoms with E-state index in [1.54, 1.807) is 0 Å². The van der Waals surface area contributed by atoms with Crippen molar-refractivity contribution in [3.05, 3.63) is 53.9 Å². The van der Waals surface area contributed by atoms with Crippen LogP contribution in [0, 0.1) is 0 Å². The van der Waals surface area contributed by atoms with E-state index in [-0.39, 0.29) is 0 Å². The van der Waals surface area contributed by atoms with E-state index >= 15 is 0 Å². The maximum absolute atomic E-state index is 5.80. The summed E-state index contributed by atoms with van der Waals surface area (Å²) in [6.45, 7) is 6.42. The van der Waals surface area contributed by atoms with Crippen LogP contribution in [0.1, 0.15) is 18.2 Å². The first-order valence-corrected chi connectivity index (χ1v) is 7.47. The van der Waals surface area contributed by atoms with Gasteiger partial charge >= 0.3 is 0 Å². The average molecular weight is 283 g/mol. The summed E-state index contributed by atoms with van der Waals surface area (Å²) in [5.74, 6) is 1.01. The molecule has 0 saturated heterocycles. The van der Waals surface area contributed by atoms with Crippen molar-refractivity contribution in [1.29, 1.82) is 0 Å². The number of hydrogen-bond donors (Lipinski definition) is 1. The Hall–Kier alpha value is -2.07. The number of rotatable bonds is 4. The Kier molecular flexibility index (Phi) is 4.36. The quantitative estimate of drug-likeness (QED) is 0.936. The molecule has 110 valence electrons. The third-order valence-electron chi connectivity index (χ3n) is 3.61. The lowest BCUT2D eigenvalue weighted by molar-refractivity contribution is 0.218. The van der Waals surface area contributed by atoms with Crippen LogP contribution in [-0.2, 0) is 13.1 Å². The zero-order chi connectivity index (χ0) is 14.5. The van der Waals surface area contributed by atoms with Gasteiger partial charge in [0.1, 0.15) is 12.4 Å². The zero-order valence-corrected chi connectivity index (χ0v) is 12.4. The van der Waals surface area contributed by atoms with Gasteiger partial charge in [-0.25, -0.2) is 0 Å². The summed E-state index contributed by atoms with van der Waals surface area (Å²) in [7, 11) is 0. The number of anilines is 1. The summed E-state index contributed by atoms with van der Waals surface area (Å²) in [5.41, 5.74) is 3.47. The molecule has 2 heterocycles. The highest BCUT2D eigenvalue weighted by molar-refractivity contribution is 5.43. The van der Waals surface area contributed by atoms with Gasteiger partial charge in [0.15, 0.2) is 0 Å². The predicted molar refractivity (Wildman–Crippen MR) is 84.5 cm³/mol. The molecule has 1 N–H and O–H groups in total. The summed E-state index contributed by atoms with van der Waals surface area (Å²) in [4.78, 5) is 6.86. The number of aromatic nitrogens is 1. The molecule has 21 heavy (non-hydrogen) atoms. The Labute approximate surface area is 125 Å². The first kappa shape index (κ1) is 13.9. The van der Waals surface area contributed by atoms with Crippen LogP contribution in [0.4, 0.5) is 5.69 Å². The fraction of sp³-hybridized carbons (Fsp3) is 0.353. The summed E-state index contributed by atoms with van der Waals surface area (Å²) < 4.78 is 5.80. The average Bonchev–Trinajstić information content (AvgIpc) is 2.69. The molecule has 1 aliphatic rings. The largest absolute Gasteiger partial charge is 0.492 e. The van der Waals surface area contributed by atoms with E-state index in [1.165, 1.54) is 5.56 Å². The lowest BCUT2D eigenvalue weighted by Crippen LogP contribution is -2.25. The van der Waals surface area contributed by atoms with Gasteiger partial charge in [-0.05, 0) is 25.1 Å². The first-order valence-electron chi connectivity index (χ1n) is 7.47. The molecule has 1 aromatic carbocycles. The number of pyridine rings is 1. The normalized spacial score (nSPS) is 14.9. The number of fused-ring (bicyclic) bond motifs is 1. The van der Waals surface area contributed by atoms with E-state index in [0.29, 0.717) is 0 Å². The number of hydrogen-bond acceptors (Lipinski definition) is 4. The molecule has 0 amide bonds. The molecule has 4 nitrogen and oxygen atoms in total. The number of nitrogens with one attached hydrogen (secondary N) is 1. The molecule has 0 fully saturated rings. The van der Waals surface area contributed by atoms with Crippen LogP contribution < -0.4 is 10.1 Å². The van der Waals surface area contributed by atoms with Crippen LogP contribution in [0.5, 0.6) is 5.75 Å². The summed E-state index contributed by atoms with van der Waals surface area (Å²) in [5, 5.41) is 3.33. The molecule has 2 aromatic rings. The molecule has 3 rings (SSSR count). The van der Waals surface area contributed by atoms with E-state index in [9.17, 15) is 0 Å². The molecule has 0 radical (unpaired) electrons. The van der Waals surface area contributed by atoms with Gasteiger partial charge in [-0.1, -0.05) is 18.2 Å². The van der Waals surface area contributed by atoms with Gasteiger partial charge in [0, 0.05) is 43.6 Å². The highest BCUT2D eigenvalue weighted by atomic mass is 16.5. The van der Waals surface area contributed by atoms with E-state index in [0.717, 1.165) is 49.9 Å². The van der Waals surface area contributed by atoms with Crippen LogP contribution in [0.3, 0.4) is 0 Å². The van der Waals surface area contributed by atoms with Crippen molar-refractivity contribution in [2.24, 2.45) is 0 Å². The number of ether oxygens (including phenoxy) is 1. The molecule has 0 aliphatic carbocycles. The summed E-state index contributed by atoms with van der Waals surface area (Å²) >= 11 is 0. The van der Waals surface area contributed by atoms with Crippen molar-refractivity contribution in [3.8, 4) is 5.75 Å². The van der Waals surface area contributed by atoms with Gasteiger partial charge in [-0.15, -0.1) is 0 Å². The van der Waals surface area contributed by atoms with Crippen molar-refractivity contribution < 1.29 is 4.74 Å². The maximum atomic E-state index is 5.80. The number of nitrogens with zero attached hydrogens (tertiary/aromatic N) is 2. The number of para-hydroxylation sites is 1. The Morgan fingerprint density at radius 3 is 3.10 bits per heavy atom. The van der Waals surface area contributed by atoms with Gasteiger partial charge in [0.2, 0.25) is 0 Å². The second-order valence-electron chi connectivity index (χ2n) is 5.23. The van der Waals surface area contributed by atoms with Crippen LogP contribution in [0.25, 0.3) is 0 Å². The molecule has 0 saturated carbocycles. The van der Waals surface area contributed by atoms with Gasteiger partial charge in [0.05, 0.1) is 5.69 Å². The van der Waals surface area contributed by atoms with Gasteiger partial charge in [-0.2, -0.15) is 0 Å². The molecule has 1 aliphatic heterocycles. The Balaban J connectivity index is 1.72. The van der Waals surface area contributed by atoms with Crippen molar-refractivity contribution in [2.45, 2.75) is 20.0 Å². The Morgan fingerprint density at radius 2 is 2.19 bits per heavy atom. The third kappa shape index (κ3) is 3.52. The third-order valence-corrected chi connectivity index (χ3v) is 3.61. The summed E-state index contributed by atoms with van der Waals surface area (Å²) in [6.07, 6.45) is 1.87. The van der Waals surface area contributed by atoms with Crippen molar-refractivity contribution in [2.75, 3.05) is 25.0 Å². The monoisotopic (exact) mass is 283 g/mol. The fourth-order valence-corrected chi connectivity index (χ4v) is 2.62. The minimum absolute atomic E-state index is 0.726. The van der Waals surface area contributed by atoms with Crippen molar-refractivity contribution in [1.82, 2.24) is 9.88 Å². The first-order chi connectivity index (χ1) is 10.3. The molecular formula is C17H21N3O. The highest BCUT2D eigenvalue weighted by Gasteiger charge is 2.15. The maximum Gasteiger partial charge on any atom is 0.123 e. The van der Waals surface area contributed by atoms with Crippen LogP contribution >= 0.6 is 0 Å². The molecule has 1 aromatic heterocycles. The molecular weight excluding hydrogens is 262 g/mol. The number of benzene rings is 1. The van der Waals surface area contributed by atoms with Gasteiger partial charge in [-0.3, -0.25) is 9.88 Å². The van der Waals surface area contributed by atoms with Crippen LogP contribution in [0.15, 0.2) is 42.6 Å². The molecule has 4 heteroatoms. The topological polar surface area (TPSA) is 37.4 Å². The standard InChI is InChI=1S/C17H21N3O/c1-2-18-15-7-8-19-16(11-15)13-20-9-10-21-17-6-4-3-5-14(17)12-20/h3-8,11H,2,9-10,12-13H2,1H3,(H,18,19). The van der Waals surface area contributed by atoms with E-state index in [4.69, 9.17) is 4.74 Å². The Bertz CT molecular complexity index is 600.